The number of hydrogen-bond acceptors (Lipinski definition) is 7. The Kier molecular flexibility index (Phi) is 9.36. The summed E-state index contributed by atoms with van der Waals surface area (Å²) in [4.78, 5) is 11.4. The zero-order valence-corrected chi connectivity index (χ0v) is 17.9. The normalized spacial score (nSPS) is 11.9. The first kappa shape index (κ1) is 23.1. The highest BCUT2D eigenvalue weighted by Crippen LogP contribution is 2.34. The van der Waals surface area contributed by atoms with Gasteiger partial charge in [-0.05, 0) is 47.1 Å². The monoisotopic (exact) mass is 442 g/mol. The average Bonchev–Trinajstić information content (AvgIpc) is 3.18. The van der Waals surface area contributed by atoms with E-state index in [1.165, 1.54) is 19.3 Å². The summed E-state index contributed by atoms with van der Waals surface area (Å²) in [6.07, 6.45) is 4.06. The Balaban J connectivity index is 2.34. The Morgan fingerprint density at radius 2 is 2.28 bits per heavy atom. The molecule has 0 radical (unpaired) electrons. The van der Waals surface area contributed by atoms with E-state index in [1.54, 1.807) is 22.5 Å². The Morgan fingerprint density at radius 3 is 2.97 bits per heavy atom. The van der Waals surface area contributed by atoms with Crippen LogP contribution in [0.2, 0.25) is 5.02 Å². The van der Waals surface area contributed by atoms with Gasteiger partial charge in [-0.15, -0.1) is 5.10 Å². The van der Waals surface area contributed by atoms with Gasteiger partial charge in [0.05, 0.1) is 13.2 Å². The smallest absolute Gasteiger partial charge is 0.243 e. The van der Waals surface area contributed by atoms with Gasteiger partial charge < -0.3 is 15.4 Å². The number of carbonyl (C=O) groups is 1. The zero-order valence-electron chi connectivity index (χ0n) is 16.3. The number of hydrogen-bond donors (Lipinski definition) is 2. The lowest BCUT2D eigenvalue weighted by Crippen LogP contribution is -2.35. The van der Waals surface area contributed by atoms with E-state index in [9.17, 15) is 4.79 Å². The third kappa shape index (κ3) is 6.15. The van der Waals surface area contributed by atoms with Gasteiger partial charge in [0.25, 0.3) is 0 Å². The molecule has 0 aliphatic carbocycles. The summed E-state index contributed by atoms with van der Waals surface area (Å²) in [6, 6.07) is 2.29. The van der Waals surface area contributed by atoms with Crippen molar-refractivity contribution in [1.29, 1.82) is 0 Å². The maximum atomic E-state index is 15.1. The van der Waals surface area contributed by atoms with Crippen LogP contribution in [0.3, 0.4) is 0 Å². The molecule has 1 aromatic heterocycles. The first-order chi connectivity index (χ1) is 14.0. The van der Waals surface area contributed by atoms with Crippen LogP contribution in [-0.4, -0.2) is 58.3 Å². The van der Waals surface area contributed by atoms with Gasteiger partial charge in [-0.2, -0.15) is 11.8 Å². The summed E-state index contributed by atoms with van der Waals surface area (Å²) in [6.45, 7) is 4.62. The molecule has 1 aromatic carbocycles. The molecule has 2 rings (SSSR count). The van der Waals surface area contributed by atoms with E-state index in [-0.39, 0.29) is 22.2 Å². The molecule has 1 heterocycles. The fourth-order valence-electron chi connectivity index (χ4n) is 2.70. The average molecular weight is 443 g/mol. The predicted molar refractivity (Wildman–Crippen MR) is 112 cm³/mol. The Hall–Kier alpha value is -2.17. The number of ether oxygens (including phenoxy) is 1. The van der Waals surface area contributed by atoms with Gasteiger partial charge in [0.1, 0.15) is 0 Å². The zero-order chi connectivity index (χ0) is 21.2. The maximum Gasteiger partial charge on any atom is 0.243 e. The molecule has 0 spiro atoms. The van der Waals surface area contributed by atoms with E-state index in [1.807, 2.05) is 6.26 Å². The van der Waals surface area contributed by atoms with Crippen molar-refractivity contribution in [2.24, 2.45) is 0 Å². The number of nitrogens with zero attached hydrogens (tertiary/aromatic N) is 4. The van der Waals surface area contributed by atoms with Crippen molar-refractivity contribution in [3.05, 3.63) is 47.0 Å². The summed E-state index contributed by atoms with van der Waals surface area (Å²) >= 11 is 8.06. The fraction of sp³-hybridized carbons (Fsp3) is 0.444. The topological polar surface area (TPSA) is 94.0 Å². The molecule has 0 aliphatic rings. The van der Waals surface area contributed by atoms with Crippen molar-refractivity contribution in [2.75, 3.05) is 32.2 Å². The molecule has 8 nitrogen and oxygen atoms in total. The van der Waals surface area contributed by atoms with Gasteiger partial charge in [-0.25, -0.2) is 9.07 Å². The van der Waals surface area contributed by atoms with E-state index in [0.717, 1.165) is 12.2 Å². The molecule has 11 heteroatoms. The van der Waals surface area contributed by atoms with Crippen LogP contribution in [0.4, 0.5) is 4.39 Å². The first-order valence-corrected chi connectivity index (χ1v) is 10.7. The third-order valence-corrected chi connectivity index (χ3v) is 5.12. The molecule has 0 saturated carbocycles. The van der Waals surface area contributed by atoms with Crippen LogP contribution < -0.4 is 15.4 Å². The minimum atomic E-state index is -0.734. The van der Waals surface area contributed by atoms with E-state index < -0.39 is 11.9 Å². The number of benzene rings is 1. The van der Waals surface area contributed by atoms with Crippen LogP contribution in [0.1, 0.15) is 23.9 Å². The lowest BCUT2D eigenvalue weighted by Gasteiger charge is -2.21. The molecule has 29 heavy (non-hydrogen) atoms. The Bertz CT molecular complexity index is 835. The van der Waals surface area contributed by atoms with E-state index in [4.69, 9.17) is 16.3 Å². The second-order valence-corrected chi connectivity index (χ2v) is 7.36. The van der Waals surface area contributed by atoms with E-state index in [0.29, 0.717) is 25.5 Å². The number of carbonyl (C=O) groups excluding carboxylic acids is 1. The highest BCUT2D eigenvalue weighted by atomic mass is 35.5. The molecule has 1 amide bonds. The molecule has 1 unspecified atom stereocenters. The highest BCUT2D eigenvalue weighted by Gasteiger charge is 2.28. The fourth-order valence-corrected chi connectivity index (χ4v) is 3.38. The number of rotatable bonds is 12. The summed E-state index contributed by atoms with van der Waals surface area (Å²) in [5.74, 6) is 0.550. The molecule has 0 aliphatic heterocycles. The van der Waals surface area contributed by atoms with Crippen molar-refractivity contribution in [3.63, 3.8) is 0 Å². The number of amides is 1. The summed E-state index contributed by atoms with van der Waals surface area (Å²) < 4.78 is 21.8. The highest BCUT2D eigenvalue weighted by molar-refractivity contribution is 7.98. The van der Waals surface area contributed by atoms with Gasteiger partial charge in [0, 0.05) is 30.2 Å². The van der Waals surface area contributed by atoms with Gasteiger partial charge in [-0.3, -0.25) is 4.79 Å². The number of methoxy groups -OCH3 is 1. The molecule has 0 saturated heterocycles. The molecular formula is C18H24ClFN6O2S. The van der Waals surface area contributed by atoms with Crippen LogP contribution in [0, 0.1) is 5.82 Å². The molecule has 0 bridgehead atoms. The number of thioether (sulfide) groups is 1. The second kappa shape index (κ2) is 11.7. The summed E-state index contributed by atoms with van der Waals surface area (Å²) in [5, 5.41) is 18.0. The van der Waals surface area contributed by atoms with Gasteiger partial charge in [-0.1, -0.05) is 18.2 Å². The summed E-state index contributed by atoms with van der Waals surface area (Å²) in [7, 11) is 1.38. The molecule has 0 fully saturated rings. The van der Waals surface area contributed by atoms with Crippen molar-refractivity contribution in [1.82, 2.24) is 30.8 Å². The minimum Gasteiger partial charge on any atom is -0.494 e. The number of tetrazole rings is 1. The second-order valence-electron chi connectivity index (χ2n) is 5.97. The van der Waals surface area contributed by atoms with E-state index >= 15 is 4.39 Å². The van der Waals surface area contributed by atoms with Crippen molar-refractivity contribution in [2.45, 2.75) is 19.0 Å². The largest absolute Gasteiger partial charge is 0.494 e. The maximum absolute atomic E-state index is 15.1. The first-order valence-electron chi connectivity index (χ1n) is 8.94. The Morgan fingerprint density at radius 1 is 1.48 bits per heavy atom. The predicted octanol–water partition coefficient (Wildman–Crippen LogP) is 2.21. The van der Waals surface area contributed by atoms with Crippen LogP contribution in [0.15, 0.2) is 24.8 Å². The van der Waals surface area contributed by atoms with Crippen molar-refractivity contribution < 1.29 is 13.9 Å². The van der Waals surface area contributed by atoms with Crippen molar-refractivity contribution >= 4 is 29.3 Å². The molecule has 158 valence electrons. The molecular weight excluding hydrogens is 419 g/mol. The molecule has 1 atom stereocenters. The summed E-state index contributed by atoms with van der Waals surface area (Å²) in [5.41, 5.74) is 0.182. The lowest BCUT2D eigenvalue weighted by atomic mass is 10.0. The number of nitrogens with one attached hydrogen (secondary N) is 2. The minimum absolute atomic E-state index is 0.0672. The third-order valence-electron chi connectivity index (χ3n) is 4.09. The SMILES string of the molecule is C=CC(=O)NCCNC(c1c(Cl)ccc(OC)c1F)c1nnnn1CCCSC. The van der Waals surface area contributed by atoms with E-state index in [2.05, 4.69) is 32.7 Å². The van der Waals surface area contributed by atoms with Crippen LogP contribution >= 0.6 is 23.4 Å². The lowest BCUT2D eigenvalue weighted by molar-refractivity contribution is -0.116. The van der Waals surface area contributed by atoms with Crippen LogP contribution in [0.5, 0.6) is 5.75 Å². The quantitative estimate of drug-likeness (QED) is 0.384. The van der Waals surface area contributed by atoms with Gasteiger partial charge in [0.15, 0.2) is 17.4 Å². The van der Waals surface area contributed by atoms with Crippen LogP contribution in [0.25, 0.3) is 0 Å². The number of aromatic nitrogens is 4. The molecule has 2 aromatic rings. The standard InChI is InChI=1S/C18H24ClFN6O2S/c1-4-14(27)21-8-9-22-17(15-12(19)6-7-13(28-2)16(15)20)18-23-24-25-26(18)10-5-11-29-3/h4,6-7,17,22H,1,5,8-11H2,2-3H3,(H,21,27). The number of halogens is 2. The van der Waals surface area contributed by atoms with Crippen LogP contribution in [-0.2, 0) is 11.3 Å². The Labute approximate surface area is 178 Å². The number of aryl methyl sites for hydroxylation is 1. The van der Waals surface area contributed by atoms with Gasteiger partial charge in [0.2, 0.25) is 5.91 Å². The van der Waals surface area contributed by atoms with Crippen molar-refractivity contribution in [3.8, 4) is 5.75 Å². The van der Waals surface area contributed by atoms with Gasteiger partial charge >= 0.3 is 0 Å². The molecule has 2 N–H and O–H groups in total.